The van der Waals surface area contributed by atoms with Crippen LogP contribution in [0.15, 0.2) is 42.9 Å². The molecule has 3 rings (SSSR count). The van der Waals surface area contributed by atoms with Gasteiger partial charge in [0.25, 0.3) is 5.91 Å². The number of thiol groups is 1. The Kier molecular flexibility index (Phi) is 11.7. The van der Waals surface area contributed by atoms with Gasteiger partial charge >= 0.3 is 5.97 Å². The lowest BCUT2D eigenvalue weighted by atomic mass is 9.81. The number of H-pyrrole nitrogens is 1. The summed E-state index contributed by atoms with van der Waals surface area (Å²) in [5.74, 6) is -4.12. The fourth-order valence-corrected chi connectivity index (χ4v) is 5.40. The highest BCUT2D eigenvalue weighted by atomic mass is 32.1. The van der Waals surface area contributed by atoms with E-state index >= 15 is 0 Å². The Bertz CT molecular complexity index is 1230. The van der Waals surface area contributed by atoms with Crippen LogP contribution in [0.2, 0.25) is 0 Å². The quantitative estimate of drug-likeness (QED) is 0.132. The monoisotopic (exact) mass is 600 g/mol. The lowest BCUT2D eigenvalue weighted by Gasteiger charge is -2.42. The van der Waals surface area contributed by atoms with E-state index in [0.29, 0.717) is 18.7 Å². The molecular formula is C29H40N6O6S. The van der Waals surface area contributed by atoms with Gasteiger partial charge in [0.2, 0.25) is 17.4 Å². The largest absolute Gasteiger partial charge is 0.479 e. The van der Waals surface area contributed by atoms with Gasteiger partial charge in [-0.05, 0) is 56.5 Å². The van der Waals surface area contributed by atoms with Crippen molar-refractivity contribution >= 4 is 47.8 Å². The highest BCUT2D eigenvalue weighted by Crippen LogP contribution is 2.34. The Morgan fingerprint density at radius 1 is 1.14 bits per heavy atom. The lowest BCUT2D eigenvalue weighted by molar-refractivity contribution is -0.151. The van der Waals surface area contributed by atoms with Gasteiger partial charge in [-0.2, -0.15) is 12.6 Å². The predicted molar refractivity (Wildman–Crippen MR) is 160 cm³/mol. The normalized spacial score (nSPS) is 17.6. The number of amides is 3. The first kappa shape index (κ1) is 32.8. The highest BCUT2D eigenvalue weighted by Gasteiger charge is 2.54. The number of aromatic nitrogens is 2. The number of carboxylic acid groups (broad SMARTS) is 1. The molecule has 1 fully saturated rings. The summed E-state index contributed by atoms with van der Waals surface area (Å²) in [5.41, 5.74) is -1.65. The van der Waals surface area contributed by atoms with Gasteiger partial charge in [-0.15, -0.1) is 0 Å². The summed E-state index contributed by atoms with van der Waals surface area (Å²) in [6.45, 7) is 5.75. The van der Waals surface area contributed by atoms with Crippen molar-refractivity contribution in [3.8, 4) is 0 Å². The van der Waals surface area contributed by atoms with Crippen molar-refractivity contribution in [3.63, 3.8) is 0 Å². The average molecular weight is 601 g/mol. The van der Waals surface area contributed by atoms with Gasteiger partial charge in [0.05, 0.1) is 18.1 Å². The first-order valence-electron chi connectivity index (χ1n) is 14.1. The van der Waals surface area contributed by atoms with Crippen LogP contribution in [0.3, 0.4) is 0 Å². The molecule has 1 aromatic carbocycles. The Labute approximate surface area is 250 Å². The Balaban J connectivity index is 2.05. The molecule has 3 amide bonds. The van der Waals surface area contributed by atoms with Gasteiger partial charge in [0.15, 0.2) is 5.78 Å². The third kappa shape index (κ3) is 7.77. The number of hydrogen-bond acceptors (Lipinski definition) is 8. The average Bonchev–Trinajstić information content (AvgIpc) is 3.67. The molecule has 0 unspecified atom stereocenters. The van der Waals surface area contributed by atoms with Gasteiger partial charge in [0, 0.05) is 24.7 Å². The van der Waals surface area contributed by atoms with Crippen molar-refractivity contribution in [3.05, 3.63) is 48.5 Å². The second-order valence-corrected chi connectivity index (χ2v) is 11.3. The van der Waals surface area contributed by atoms with Gasteiger partial charge in [-0.25, -0.2) is 9.78 Å². The van der Waals surface area contributed by atoms with Crippen LogP contribution in [-0.2, 0) is 30.4 Å². The first-order valence-corrected chi connectivity index (χ1v) is 14.7. The number of para-hydroxylation sites is 1. The molecule has 4 atom stereocenters. The zero-order valence-electron chi connectivity index (χ0n) is 24.1. The predicted octanol–water partition coefficient (Wildman–Crippen LogP) is 1.49. The van der Waals surface area contributed by atoms with E-state index < -0.39 is 47.2 Å². The number of aromatic amines is 1. The van der Waals surface area contributed by atoms with Crippen LogP contribution in [0.25, 0.3) is 0 Å². The maximum absolute atomic E-state index is 14.5. The summed E-state index contributed by atoms with van der Waals surface area (Å²) in [5, 5.41) is 19.1. The molecule has 1 aliphatic rings. The van der Waals surface area contributed by atoms with Crippen LogP contribution in [0, 0.1) is 5.92 Å². The molecule has 0 aliphatic carbocycles. The number of anilines is 1. The van der Waals surface area contributed by atoms with E-state index in [1.807, 2.05) is 0 Å². The molecule has 1 saturated heterocycles. The van der Waals surface area contributed by atoms with Crippen molar-refractivity contribution in [2.45, 2.75) is 76.5 Å². The second kappa shape index (κ2) is 15.0. The first-order chi connectivity index (χ1) is 20.0. The summed E-state index contributed by atoms with van der Waals surface area (Å²) < 4.78 is 0. The SMILES string of the molecule is CC(C)C[C@](C(=O)O)(C(=O)CCS)N(C(=O)[C@H](Cc1c[nH]cn1)NC(=O)[C@H](C)NC(=O)[C@@H]1CCCN1)c1ccccc1. The zero-order valence-corrected chi connectivity index (χ0v) is 25.0. The highest BCUT2D eigenvalue weighted by molar-refractivity contribution is 7.80. The van der Waals surface area contributed by atoms with Crippen molar-refractivity contribution in [2.24, 2.45) is 5.92 Å². The molecule has 13 heteroatoms. The number of ketones is 1. The standard InChI is InChI=1S/C29H40N6O6S/c1-18(2)15-29(28(40)41,24(36)11-13-42)35(21-8-5-4-6-9-21)27(39)23(14-20-16-30-17-32-20)34-25(37)19(3)33-26(38)22-10-7-12-31-22/h4-6,8-9,16-19,22-23,31,42H,7,10-15H2,1-3H3,(H,30,32)(H,33,38)(H,34,37)(H,40,41)/t19-,22-,23-,29+/m0/s1. The van der Waals surface area contributed by atoms with E-state index in [4.69, 9.17) is 0 Å². The van der Waals surface area contributed by atoms with Crippen LogP contribution in [0.5, 0.6) is 0 Å². The molecule has 1 aliphatic heterocycles. The molecule has 12 nitrogen and oxygen atoms in total. The maximum atomic E-state index is 14.5. The van der Waals surface area contributed by atoms with Crippen molar-refractivity contribution < 1.29 is 29.1 Å². The van der Waals surface area contributed by atoms with Crippen molar-refractivity contribution in [2.75, 3.05) is 17.2 Å². The van der Waals surface area contributed by atoms with E-state index in [1.165, 1.54) is 13.3 Å². The minimum absolute atomic E-state index is 0.0866. The number of nitrogens with zero attached hydrogens (tertiary/aromatic N) is 2. The van der Waals surface area contributed by atoms with E-state index in [-0.39, 0.29) is 42.5 Å². The molecular weight excluding hydrogens is 560 g/mol. The van der Waals surface area contributed by atoms with Gasteiger partial charge < -0.3 is 26.0 Å². The van der Waals surface area contributed by atoms with E-state index in [2.05, 4.69) is 38.5 Å². The van der Waals surface area contributed by atoms with Gasteiger partial charge in [-0.1, -0.05) is 32.0 Å². The maximum Gasteiger partial charge on any atom is 0.337 e. The molecule has 0 bridgehead atoms. The summed E-state index contributed by atoms with van der Waals surface area (Å²) in [4.78, 5) is 75.3. The molecule has 0 saturated carbocycles. The molecule has 2 heterocycles. The van der Waals surface area contributed by atoms with Crippen LogP contribution in [-0.4, -0.2) is 80.5 Å². The van der Waals surface area contributed by atoms with E-state index in [0.717, 1.165) is 11.3 Å². The van der Waals surface area contributed by atoms with E-state index in [9.17, 15) is 29.1 Å². The van der Waals surface area contributed by atoms with Crippen molar-refractivity contribution in [1.29, 1.82) is 0 Å². The van der Waals surface area contributed by atoms with Crippen LogP contribution >= 0.6 is 12.6 Å². The Morgan fingerprint density at radius 3 is 2.40 bits per heavy atom. The number of carbonyl (C=O) groups is 5. The number of rotatable bonds is 15. The van der Waals surface area contributed by atoms with Gasteiger partial charge in [0.1, 0.15) is 12.1 Å². The summed E-state index contributed by atoms with van der Waals surface area (Å²) in [6, 6.07) is 5.36. The molecule has 42 heavy (non-hydrogen) atoms. The number of carbonyl (C=O) groups excluding carboxylic acids is 4. The van der Waals surface area contributed by atoms with Crippen LogP contribution in [0.1, 0.15) is 52.1 Å². The summed E-state index contributed by atoms with van der Waals surface area (Å²) in [6.07, 6.45) is 4.03. The number of aliphatic carboxylic acids is 1. The second-order valence-electron chi connectivity index (χ2n) is 10.9. The van der Waals surface area contributed by atoms with Gasteiger partial charge in [-0.3, -0.25) is 24.1 Å². The summed E-state index contributed by atoms with van der Waals surface area (Å²) in [7, 11) is 0. The molecule has 5 N–H and O–H groups in total. The number of hydrogen-bond donors (Lipinski definition) is 6. The number of nitrogens with one attached hydrogen (secondary N) is 4. The van der Waals surface area contributed by atoms with Crippen LogP contribution in [0.4, 0.5) is 5.69 Å². The number of Topliss-reactive ketones (excluding diaryl/α,β-unsaturated/α-hetero) is 1. The Hall–Kier alpha value is -3.71. The third-order valence-corrected chi connectivity index (χ3v) is 7.41. The molecule has 0 spiro atoms. The number of imidazole rings is 1. The lowest BCUT2D eigenvalue weighted by Crippen LogP contribution is -2.67. The summed E-state index contributed by atoms with van der Waals surface area (Å²) >= 11 is 4.16. The number of benzene rings is 1. The van der Waals surface area contributed by atoms with Crippen molar-refractivity contribution in [1.82, 2.24) is 25.9 Å². The fraction of sp³-hybridized carbons (Fsp3) is 0.517. The number of carboxylic acids is 1. The third-order valence-electron chi connectivity index (χ3n) is 7.19. The van der Waals surface area contributed by atoms with E-state index in [1.54, 1.807) is 50.4 Å². The minimum atomic E-state index is -2.27. The fourth-order valence-electron chi connectivity index (χ4n) is 5.20. The molecule has 0 radical (unpaired) electrons. The van der Waals surface area contributed by atoms with Crippen LogP contribution < -0.4 is 20.9 Å². The minimum Gasteiger partial charge on any atom is -0.479 e. The Morgan fingerprint density at radius 2 is 1.86 bits per heavy atom. The molecule has 1 aromatic heterocycles. The molecule has 228 valence electrons. The smallest absolute Gasteiger partial charge is 0.337 e. The zero-order chi connectivity index (χ0) is 30.9. The topological polar surface area (TPSA) is 174 Å². The molecule has 2 aromatic rings.